The third-order valence-electron chi connectivity index (χ3n) is 3.29. The molecule has 3 nitrogen and oxygen atoms in total. The Balaban J connectivity index is 1.65. The van der Waals surface area contributed by atoms with Crippen molar-refractivity contribution in [3.63, 3.8) is 0 Å². The van der Waals surface area contributed by atoms with Gasteiger partial charge in [0.25, 0.3) is 0 Å². The van der Waals surface area contributed by atoms with Gasteiger partial charge in [-0.25, -0.2) is 0 Å². The highest BCUT2D eigenvalue weighted by atomic mass is 16.6. The van der Waals surface area contributed by atoms with Crippen LogP contribution in [0.1, 0.15) is 12.8 Å². The molecule has 2 aliphatic carbocycles. The molecule has 0 N–H and O–H groups in total. The van der Waals surface area contributed by atoms with E-state index in [0.29, 0.717) is 31.7 Å². The lowest BCUT2D eigenvalue weighted by Gasteiger charge is -2.16. The van der Waals surface area contributed by atoms with Crippen molar-refractivity contribution in [1.29, 1.82) is 0 Å². The third kappa shape index (κ3) is 2.53. The number of carbonyl (C=O) groups is 1. The van der Waals surface area contributed by atoms with Gasteiger partial charge in [0.1, 0.15) is 6.61 Å². The molecular weight excluding hydrogens is 204 g/mol. The number of allylic oxidation sites excluding steroid dienone is 2. The first-order valence-electron chi connectivity index (χ1n) is 5.85. The summed E-state index contributed by atoms with van der Waals surface area (Å²) in [6.45, 7) is 4.85. The highest BCUT2D eigenvalue weighted by Crippen LogP contribution is 2.43. The summed E-state index contributed by atoms with van der Waals surface area (Å²) in [7, 11) is 0. The zero-order chi connectivity index (χ0) is 11.4. The summed E-state index contributed by atoms with van der Waals surface area (Å²) in [6.07, 6.45) is 8.17. The molecule has 0 radical (unpaired) electrons. The first-order valence-corrected chi connectivity index (χ1v) is 5.85. The lowest BCUT2D eigenvalue weighted by atomic mass is 9.94. The fourth-order valence-corrected chi connectivity index (χ4v) is 2.53. The molecule has 0 aromatic heterocycles. The summed E-state index contributed by atoms with van der Waals surface area (Å²) < 4.78 is 10.3. The number of fused-ring (bicyclic) bond motifs is 2. The molecule has 0 aromatic rings. The van der Waals surface area contributed by atoms with E-state index in [1.54, 1.807) is 6.08 Å². The Morgan fingerprint density at radius 2 is 2.25 bits per heavy atom. The molecule has 0 aliphatic heterocycles. The molecule has 2 aliphatic rings. The van der Waals surface area contributed by atoms with E-state index in [1.165, 1.54) is 0 Å². The fourth-order valence-electron chi connectivity index (χ4n) is 2.53. The van der Waals surface area contributed by atoms with Crippen molar-refractivity contribution < 1.29 is 14.3 Å². The van der Waals surface area contributed by atoms with Gasteiger partial charge in [-0.05, 0) is 24.7 Å². The topological polar surface area (TPSA) is 35.5 Å². The van der Waals surface area contributed by atoms with Crippen LogP contribution in [-0.2, 0) is 14.3 Å². The van der Waals surface area contributed by atoms with Crippen molar-refractivity contribution in [2.24, 2.45) is 17.8 Å². The van der Waals surface area contributed by atoms with Crippen LogP contribution in [0.25, 0.3) is 0 Å². The number of ether oxygens (including phenoxy) is 2. The van der Waals surface area contributed by atoms with Crippen molar-refractivity contribution in [3.05, 3.63) is 24.8 Å². The van der Waals surface area contributed by atoms with Crippen LogP contribution >= 0.6 is 0 Å². The normalized spacial score (nSPS) is 30.6. The van der Waals surface area contributed by atoms with Gasteiger partial charge in [0.05, 0.1) is 19.1 Å². The number of rotatable bonds is 6. The summed E-state index contributed by atoms with van der Waals surface area (Å²) in [5.41, 5.74) is 0. The summed E-state index contributed by atoms with van der Waals surface area (Å²) >= 11 is 0. The average Bonchev–Trinajstić information content (AvgIpc) is 2.90. The Hall–Kier alpha value is -1.09. The molecule has 3 atom stereocenters. The fraction of sp³-hybridized carbons (Fsp3) is 0.615. The van der Waals surface area contributed by atoms with Crippen molar-refractivity contribution in [1.82, 2.24) is 0 Å². The summed E-state index contributed by atoms with van der Waals surface area (Å²) in [5, 5.41) is 0. The molecular formula is C13H18O3. The summed E-state index contributed by atoms with van der Waals surface area (Å²) in [4.78, 5) is 11.7. The van der Waals surface area contributed by atoms with E-state index in [-0.39, 0.29) is 11.9 Å². The van der Waals surface area contributed by atoms with Crippen LogP contribution in [-0.4, -0.2) is 25.8 Å². The number of hydrogen-bond donors (Lipinski definition) is 0. The van der Waals surface area contributed by atoms with Crippen LogP contribution in [0.15, 0.2) is 24.8 Å². The highest BCUT2D eigenvalue weighted by molar-refractivity contribution is 5.74. The minimum atomic E-state index is -0.0564. The smallest absolute Gasteiger partial charge is 0.309 e. The van der Waals surface area contributed by atoms with Crippen LogP contribution in [0.3, 0.4) is 0 Å². The maximum absolute atomic E-state index is 11.7. The van der Waals surface area contributed by atoms with E-state index in [4.69, 9.17) is 9.47 Å². The molecule has 3 unspecified atom stereocenters. The molecule has 88 valence electrons. The highest BCUT2D eigenvalue weighted by Gasteiger charge is 2.40. The predicted molar refractivity (Wildman–Crippen MR) is 60.8 cm³/mol. The molecule has 1 fully saturated rings. The van der Waals surface area contributed by atoms with E-state index in [1.807, 2.05) is 0 Å². The van der Waals surface area contributed by atoms with E-state index in [2.05, 4.69) is 18.7 Å². The lowest BCUT2D eigenvalue weighted by molar-refractivity contribution is -0.150. The monoisotopic (exact) mass is 222 g/mol. The first kappa shape index (κ1) is 11.4. The van der Waals surface area contributed by atoms with Crippen LogP contribution in [0.2, 0.25) is 0 Å². The largest absolute Gasteiger partial charge is 0.463 e. The second kappa shape index (κ2) is 5.30. The van der Waals surface area contributed by atoms with E-state index < -0.39 is 0 Å². The molecule has 1 saturated carbocycles. The molecule has 16 heavy (non-hydrogen) atoms. The second-order valence-electron chi connectivity index (χ2n) is 4.42. The van der Waals surface area contributed by atoms with Gasteiger partial charge in [0.15, 0.2) is 0 Å². The van der Waals surface area contributed by atoms with Crippen LogP contribution in [0.4, 0.5) is 0 Å². The van der Waals surface area contributed by atoms with Gasteiger partial charge in [0, 0.05) is 0 Å². The maximum Gasteiger partial charge on any atom is 0.309 e. The third-order valence-corrected chi connectivity index (χ3v) is 3.29. The maximum atomic E-state index is 11.7. The minimum Gasteiger partial charge on any atom is -0.463 e. The molecule has 2 bridgehead atoms. The second-order valence-corrected chi connectivity index (χ2v) is 4.42. The Kier molecular flexibility index (Phi) is 3.78. The lowest BCUT2D eigenvalue weighted by Crippen LogP contribution is -2.23. The Morgan fingerprint density at radius 3 is 2.88 bits per heavy atom. The van der Waals surface area contributed by atoms with Crippen molar-refractivity contribution >= 4 is 5.97 Å². The zero-order valence-corrected chi connectivity index (χ0v) is 9.43. The molecule has 0 spiro atoms. The van der Waals surface area contributed by atoms with Gasteiger partial charge in [-0.3, -0.25) is 4.79 Å². The minimum absolute atomic E-state index is 0.0564. The predicted octanol–water partition coefficient (Wildman–Crippen LogP) is 1.94. The van der Waals surface area contributed by atoms with Crippen LogP contribution < -0.4 is 0 Å². The number of carbonyl (C=O) groups excluding carboxylic acids is 1. The van der Waals surface area contributed by atoms with E-state index in [9.17, 15) is 4.79 Å². The van der Waals surface area contributed by atoms with Gasteiger partial charge in [-0.2, -0.15) is 0 Å². The van der Waals surface area contributed by atoms with Gasteiger partial charge in [-0.1, -0.05) is 18.2 Å². The standard InChI is InChI=1S/C13H18O3/c1-2-5-15-6-7-16-13(14)12-9-10-3-4-11(12)8-10/h2-4,10-12H,1,5-9H2. The Bertz CT molecular complexity index is 296. The van der Waals surface area contributed by atoms with E-state index in [0.717, 1.165) is 12.8 Å². The van der Waals surface area contributed by atoms with Gasteiger partial charge >= 0.3 is 5.97 Å². The quantitative estimate of drug-likeness (QED) is 0.391. The van der Waals surface area contributed by atoms with Crippen LogP contribution in [0.5, 0.6) is 0 Å². The van der Waals surface area contributed by atoms with Gasteiger partial charge in [0.2, 0.25) is 0 Å². The van der Waals surface area contributed by atoms with Gasteiger partial charge < -0.3 is 9.47 Å². The van der Waals surface area contributed by atoms with Crippen LogP contribution in [0, 0.1) is 17.8 Å². The summed E-state index contributed by atoms with van der Waals surface area (Å²) in [6, 6.07) is 0. The molecule has 2 rings (SSSR count). The molecule has 0 amide bonds. The van der Waals surface area contributed by atoms with Crippen molar-refractivity contribution in [3.8, 4) is 0 Å². The molecule has 3 heteroatoms. The first-order chi connectivity index (χ1) is 7.81. The van der Waals surface area contributed by atoms with Crippen molar-refractivity contribution in [2.75, 3.05) is 19.8 Å². The van der Waals surface area contributed by atoms with E-state index >= 15 is 0 Å². The Morgan fingerprint density at radius 1 is 1.38 bits per heavy atom. The van der Waals surface area contributed by atoms with Crippen molar-refractivity contribution in [2.45, 2.75) is 12.8 Å². The zero-order valence-electron chi connectivity index (χ0n) is 9.43. The van der Waals surface area contributed by atoms with Gasteiger partial charge in [-0.15, -0.1) is 6.58 Å². The number of esters is 1. The number of hydrogen-bond acceptors (Lipinski definition) is 3. The molecule has 0 aromatic carbocycles. The molecule has 0 saturated heterocycles. The summed E-state index contributed by atoms with van der Waals surface area (Å²) in [5.74, 6) is 1.07. The average molecular weight is 222 g/mol. The SMILES string of the molecule is C=CCOCCOC(=O)C1CC2C=CC1C2. The molecule has 0 heterocycles. The Labute approximate surface area is 96.1 Å².